The lowest BCUT2D eigenvalue weighted by molar-refractivity contribution is -0.384. The number of benzene rings is 2. The molecule has 0 saturated carbocycles. The van der Waals surface area contributed by atoms with Crippen LogP contribution in [0.2, 0.25) is 0 Å². The molecule has 2 aromatic carbocycles. The number of ether oxygens (including phenoxy) is 2. The summed E-state index contributed by atoms with van der Waals surface area (Å²) >= 11 is 0. The lowest BCUT2D eigenvalue weighted by Gasteiger charge is -2.29. The number of piperidine rings is 1. The molecule has 9 heteroatoms. The summed E-state index contributed by atoms with van der Waals surface area (Å²) in [7, 11) is 3.00. The van der Waals surface area contributed by atoms with E-state index < -0.39 is 10.8 Å². The normalized spacial score (nSPS) is 13.9. The van der Waals surface area contributed by atoms with Crippen LogP contribution in [0.4, 0.5) is 11.4 Å². The first kappa shape index (κ1) is 21.1. The number of carbonyl (C=O) groups excluding carboxylic acids is 1. The maximum absolute atomic E-state index is 12.5. The second kappa shape index (κ2) is 9.73. The third-order valence-electron chi connectivity index (χ3n) is 4.90. The number of non-ortho nitro benzene ring substituents is 1. The van der Waals surface area contributed by atoms with Crippen LogP contribution in [0.15, 0.2) is 41.5 Å². The molecular formula is C21H24N4O5. The smallest absolute Gasteiger partial charge is 0.271 e. The van der Waals surface area contributed by atoms with Gasteiger partial charge in [-0.15, -0.1) is 0 Å². The first-order valence-corrected chi connectivity index (χ1v) is 9.61. The summed E-state index contributed by atoms with van der Waals surface area (Å²) in [6.45, 7) is 1.77. The van der Waals surface area contributed by atoms with Crippen LogP contribution in [-0.2, 0) is 0 Å². The van der Waals surface area contributed by atoms with Crippen molar-refractivity contribution in [2.75, 3.05) is 32.2 Å². The number of amides is 1. The van der Waals surface area contributed by atoms with E-state index >= 15 is 0 Å². The molecule has 1 fully saturated rings. The summed E-state index contributed by atoms with van der Waals surface area (Å²) in [5.41, 5.74) is 4.19. The van der Waals surface area contributed by atoms with E-state index in [0.29, 0.717) is 22.6 Å². The minimum absolute atomic E-state index is 0.0268. The molecular weight excluding hydrogens is 388 g/mol. The SMILES string of the molecule is COc1cc(OC)cc(C(=O)N/N=C/c2cc([N+](=O)[O-])ccc2N2CCCCC2)c1. The van der Waals surface area contributed by atoms with Gasteiger partial charge >= 0.3 is 0 Å². The Labute approximate surface area is 174 Å². The van der Waals surface area contributed by atoms with E-state index in [2.05, 4.69) is 15.4 Å². The Morgan fingerprint density at radius 3 is 2.37 bits per heavy atom. The van der Waals surface area contributed by atoms with Crippen LogP contribution >= 0.6 is 0 Å². The van der Waals surface area contributed by atoms with Crippen LogP contribution in [0.3, 0.4) is 0 Å². The number of hydrazone groups is 1. The van der Waals surface area contributed by atoms with Crippen molar-refractivity contribution in [2.45, 2.75) is 19.3 Å². The lowest BCUT2D eigenvalue weighted by atomic mass is 10.1. The van der Waals surface area contributed by atoms with Gasteiger partial charge in [-0.25, -0.2) is 5.43 Å². The fourth-order valence-electron chi connectivity index (χ4n) is 3.35. The molecule has 1 aliphatic rings. The number of nitrogens with one attached hydrogen (secondary N) is 1. The predicted molar refractivity (Wildman–Crippen MR) is 114 cm³/mol. The van der Waals surface area contributed by atoms with Crippen LogP contribution in [0, 0.1) is 10.1 Å². The molecule has 1 aliphatic heterocycles. The quantitative estimate of drug-likeness (QED) is 0.425. The molecule has 0 aliphatic carbocycles. The summed E-state index contributed by atoms with van der Waals surface area (Å²) in [5, 5.41) is 15.2. The highest BCUT2D eigenvalue weighted by Gasteiger charge is 2.17. The predicted octanol–water partition coefficient (Wildman–Crippen LogP) is 3.37. The van der Waals surface area contributed by atoms with E-state index in [-0.39, 0.29) is 5.69 Å². The summed E-state index contributed by atoms with van der Waals surface area (Å²) in [6.07, 6.45) is 4.75. The Hall–Kier alpha value is -3.62. The number of nitro benzene ring substituents is 1. The van der Waals surface area contributed by atoms with Crippen LogP contribution in [0.25, 0.3) is 0 Å². The van der Waals surface area contributed by atoms with Crippen molar-refractivity contribution in [1.29, 1.82) is 0 Å². The average molecular weight is 412 g/mol. The number of hydrogen-bond acceptors (Lipinski definition) is 7. The first-order valence-electron chi connectivity index (χ1n) is 9.61. The first-order chi connectivity index (χ1) is 14.5. The fraction of sp³-hybridized carbons (Fsp3) is 0.333. The second-order valence-corrected chi connectivity index (χ2v) is 6.85. The molecule has 158 valence electrons. The van der Waals surface area contributed by atoms with E-state index in [1.54, 1.807) is 24.3 Å². The van der Waals surface area contributed by atoms with Gasteiger partial charge in [0.25, 0.3) is 11.6 Å². The molecule has 0 bridgehead atoms. The van der Waals surface area contributed by atoms with E-state index in [0.717, 1.165) is 31.6 Å². The van der Waals surface area contributed by atoms with Crippen molar-refractivity contribution in [2.24, 2.45) is 5.10 Å². The van der Waals surface area contributed by atoms with Crippen LogP contribution in [0.5, 0.6) is 11.5 Å². The van der Waals surface area contributed by atoms with E-state index in [1.807, 2.05) is 0 Å². The zero-order valence-corrected chi connectivity index (χ0v) is 17.0. The summed E-state index contributed by atoms with van der Waals surface area (Å²) in [4.78, 5) is 25.4. The van der Waals surface area contributed by atoms with Gasteiger partial charge in [0.15, 0.2) is 0 Å². The van der Waals surface area contributed by atoms with Gasteiger partial charge in [0.1, 0.15) is 11.5 Å². The monoisotopic (exact) mass is 412 g/mol. The molecule has 0 atom stereocenters. The molecule has 3 rings (SSSR count). The molecule has 30 heavy (non-hydrogen) atoms. The zero-order valence-electron chi connectivity index (χ0n) is 17.0. The number of nitrogens with zero attached hydrogens (tertiary/aromatic N) is 3. The van der Waals surface area contributed by atoms with Crippen molar-refractivity contribution in [3.63, 3.8) is 0 Å². The number of anilines is 1. The third kappa shape index (κ3) is 5.05. The Balaban J connectivity index is 1.81. The van der Waals surface area contributed by atoms with E-state index in [4.69, 9.17) is 9.47 Å². The molecule has 2 aromatic rings. The Bertz CT molecular complexity index is 932. The van der Waals surface area contributed by atoms with Crippen molar-refractivity contribution in [1.82, 2.24) is 5.43 Å². The van der Waals surface area contributed by atoms with Crippen molar-refractivity contribution in [3.8, 4) is 11.5 Å². The van der Waals surface area contributed by atoms with Gasteiger partial charge in [-0.2, -0.15) is 5.10 Å². The molecule has 1 heterocycles. The number of methoxy groups -OCH3 is 2. The fourth-order valence-corrected chi connectivity index (χ4v) is 3.35. The van der Waals surface area contributed by atoms with Gasteiger partial charge < -0.3 is 14.4 Å². The minimum Gasteiger partial charge on any atom is -0.497 e. The van der Waals surface area contributed by atoms with Gasteiger partial charge in [0.2, 0.25) is 0 Å². The minimum atomic E-state index is -0.451. The van der Waals surface area contributed by atoms with Gasteiger partial charge in [-0.05, 0) is 37.5 Å². The zero-order chi connectivity index (χ0) is 21.5. The number of hydrogen-bond donors (Lipinski definition) is 1. The van der Waals surface area contributed by atoms with Gasteiger partial charge in [-0.1, -0.05) is 0 Å². The van der Waals surface area contributed by atoms with Crippen LogP contribution < -0.4 is 19.8 Å². The maximum Gasteiger partial charge on any atom is 0.271 e. The van der Waals surface area contributed by atoms with Crippen molar-refractivity contribution in [3.05, 3.63) is 57.6 Å². The van der Waals surface area contributed by atoms with Gasteiger partial charge in [-0.3, -0.25) is 14.9 Å². The molecule has 1 saturated heterocycles. The Morgan fingerprint density at radius 2 is 1.77 bits per heavy atom. The molecule has 0 radical (unpaired) electrons. The maximum atomic E-state index is 12.5. The van der Waals surface area contributed by atoms with E-state index in [1.165, 1.54) is 39.0 Å². The molecule has 0 aromatic heterocycles. The topological polar surface area (TPSA) is 106 Å². The number of carbonyl (C=O) groups is 1. The third-order valence-corrected chi connectivity index (χ3v) is 4.90. The average Bonchev–Trinajstić information content (AvgIpc) is 2.79. The molecule has 1 amide bonds. The van der Waals surface area contributed by atoms with Crippen molar-refractivity contribution < 1.29 is 19.2 Å². The summed E-state index contributed by atoms with van der Waals surface area (Å²) in [5.74, 6) is 0.512. The lowest BCUT2D eigenvalue weighted by Crippen LogP contribution is -2.30. The van der Waals surface area contributed by atoms with Gasteiger partial charge in [0.05, 0.1) is 25.4 Å². The Morgan fingerprint density at radius 1 is 1.10 bits per heavy atom. The standard InChI is InChI=1S/C21H24N4O5/c1-29-18-11-15(12-19(13-18)30-2)21(26)23-22-14-16-10-17(25(27)28)6-7-20(16)24-8-4-3-5-9-24/h6-7,10-14H,3-5,8-9H2,1-2H3,(H,23,26)/b22-14+. The number of nitro groups is 1. The van der Waals surface area contributed by atoms with Crippen LogP contribution in [-0.4, -0.2) is 44.4 Å². The number of rotatable bonds is 7. The molecule has 9 nitrogen and oxygen atoms in total. The highest BCUT2D eigenvalue weighted by molar-refractivity contribution is 5.96. The highest BCUT2D eigenvalue weighted by atomic mass is 16.6. The molecule has 1 N–H and O–H groups in total. The summed E-state index contributed by atoms with van der Waals surface area (Å²) < 4.78 is 10.3. The van der Waals surface area contributed by atoms with Crippen molar-refractivity contribution >= 4 is 23.5 Å². The molecule has 0 spiro atoms. The molecule has 0 unspecified atom stereocenters. The van der Waals surface area contributed by atoms with Crippen LogP contribution in [0.1, 0.15) is 35.2 Å². The van der Waals surface area contributed by atoms with Gasteiger partial charge in [0, 0.05) is 48.1 Å². The Kier molecular flexibility index (Phi) is 6.84. The second-order valence-electron chi connectivity index (χ2n) is 6.85. The largest absolute Gasteiger partial charge is 0.497 e. The van der Waals surface area contributed by atoms with E-state index in [9.17, 15) is 14.9 Å². The summed E-state index contributed by atoms with van der Waals surface area (Å²) in [6, 6.07) is 9.49. The highest BCUT2D eigenvalue weighted by Crippen LogP contribution is 2.27.